The Kier molecular flexibility index (Phi) is 1.88. The SMILES string of the molecule is C1CCC2(C1)COCC1CCNC12. The molecule has 2 aliphatic heterocycles. The van der Waals surface area contributed by atoms with Crippen LogP contribution in [0.25, 0.3) is 0 Å². The highest BCUT2D eigenvalue weighted by Crippen LogP contribution is 2.47. The van der Waals surface area contributed by atoms with Gasteiger partial charge in [0.25, 0.3) is 0 Å². The Morgan fingerprint density at radius 3 is 2.92 bits per heavy atom. The summed E-state index contributed by atoms with van der Waals surface area (Å²) in [6.07, 6.45) is 7.00. The molecule has 3 fully saturated rings. The Balaban J connectivity index is 1.85. The van der Waals surface area contributed by atoms with Gasteiger partial charge in [-0.3, -0.25) is 0 Å². The fourth-order valence-corrected chi connectivity index (χ4v) is 3.69. The normalized spacial score (nSPS) is 42.5. The van der Waals surface area contributed by atoms with E-state index < -0.39 is 0 Å². The monoisotopic (exact) mass is 181 g/mol. The molecule has 0 amide bonds. The number of hydrogen-bond donors (Lipinski definition) is 1. The molecule has 74 valence electrons. The maximum atomic E-state index is 5.78. The minimum atomic E-state index is 0.541. The maximum absolute atomic E-state index is 5.78. The summed E-state index contributed by atoms with van der Waals surface area (Å²) in [6, 6.07) is 0.795. The summed E-state index contributed by atoms with van der Waals surface area (Å²) in [5.74, 6) is 0.826. The summed E-state index contributed by atoms with van der Waals surface area (Å²) >= 11 is 0. The van der Waals surface area contributed by atoms with Gasteiger partial charge in [-0.1, -0.05) is 12.8 Å². The topological polar surface area (TPSA) is 21.3 Å². The molecule has 0 aromatic rings. The Morgan fingerprint density at radius 1 is 1.23 bits per heavy atom. The van der Waals surface area contributed by atoms with Gasteiger partial charge in [0, 0.05) is 11.5 Å². The second-order valence-electron chi connectivity index (χ2n) is 5.07. The first-order valence-corrected chi connectivity index (χ1v) is 5.72. The van der Waals surface area contributed by atoms with Crippen molar-refractivity contribution < 1.29 is 4.74 Å². The molecule has 3 rings (SSSR count). The molecule has 2 saturated heterocycles. The summed E-state index contributed by atoms with van der Waals surface area (Å²) < 4.78 is 5.78. The number of hydrogen-bond acceptors (Lipinski definition) is 2. The third kappa shape index (κ3) is 1.15. The third-order valence-corrected chi connectivity index (χ3v) is 4.33. The molecule has 2 atom stereocenters. The van der Waals surface area contributed by atoms with E-state index in [1.54, 1.807) is 0 Å². The van der Waals surface area contributed by atoms with Crippen molar-refractivity contribution in [3.05, 3.63) is 0 Å². The zero-order valence-electron chi connectivity index (χ0n) is 8.22. The molecule has 3 aliphatic rings. The van der Waals surface area contributed by atoms with Crippen LogP contribution in [0.1, 0.15) is 32.1 Å². The zero-order valence-corrected chi connectivity index (χ0v) is 8.22. The summed E-state index contributed by atoms with van der Waals surface area (Å²) in [5.41, 5.74) is 0.541. The quantitative estimate of drug-likeness (QED) is 0.612. The Labute approximate surface area is 80.0 Å². The predicted molar refractivity (Wildman–Crippen MR) is 51.6 cm³/mol. The maximum Gasteiger partial charge on any atom is 0.0537 e. The molecule has 0 aromatic carbocycles. The van der Waals surface area contributed by atoms with Crippen LogP contribution in [0, 0.1) is 11.3 Å². The summed E-state index contributed by atoms with van der Waals surface area (Å²) in [7, 11) is 0. The molecule has 2 heterocycles. The fraction of sp³-hybridized carbons (Fsp3) is 1.00. The number of ether oxygens (including phenoxy) is 1. The van der Waals surface area contributed by atoms with Gasteiger partial charge in [-0.15, -0.1) is 0 Å². The molecular weight excluding hydrogens is 162 g/mol. The van der Waals surface area contributed by atoms with E-state index in [1.807, 2.05) is 0 Å². The highest BCUT2D eigenvalue weighted by Gasteiger charge is 2.49. The van der Waals surface area contributed by atoms with E-state index in [0.717, 1.165) is 25.2 Å². The molecule has 0 aromatic heterocycles. The lowest BCUT2D eigenvalue weighted by Gasteiger charge is -2.42. The minimum absolute atomic E-state index is 0.541. The molecule has 2 heteroatoms. The van der Waals surface area contributed by atoms with E-state index in [1.165, 1.54) is 38.6 Å². The van der Waals surface area contributed by atoms with Crippen LogP contribution >= 0.6 is 0 Å². The van der Waals surface area contributed by atoms with Gasteiger partial charge < -0.3 is 10.1 Å². The van der Waals surface area contributed by atoms with Crippen molar-refractivity contribution in [2.24, 2.45) is 11.3 Å². The Morgan fingerprint density at radius 2 is 2.08 bits per heavy atom. The largest absolute Gasteiger partial charge is 0.380 e. The lowest BCUT2D eigenvalue weighted by Crippen LogP contribution is -2.51. The highest BCUT2D eigenvalue weighted by molar-refractivity contribution is 5.02. The molecule has 0 radical (unpaired) electrons. The van der Waals surface area contributed by atoms with Gasteiger partial charge in [0.2, 0.25) is 0 Å². The standard InChI is InChI=1S/C11H19NO/c1-2-5-11(4-1)8-13-7-9-3-6-12-10(9)11/h9-10,12H,1-8H2. The minimum Gasteiger partial charge on any atom is -0.380 e. The van der Waals surface area contributed by atoms with Crippen molar-refractivity contribution in [3.8, 4) is 0 Å². The number of nitrogens with one attached hydrogen (secondary N) is 1. The third-order valence-electron chi connectivity index (χ3n) is 4.33. The van der Waals surface area contributed by atoms with Crippen LogP contribution in [0.3, 0.4) is 0 Å². The van der Waals surface area contributed by atoms with Crippen molar-refractivity contribution in [3.63, 3.8) is 0 Å². The van der Waals surface area contributed by atoms with E-state index in [-0.39, 0.29) is 0 Å². The molecule has 2 nitrogen and oxygen atoms in total. The molecular formula is C11H19NO. The zero-order chi connectivity index (χ0) is 8.73. The van der Waals surface area contributed by atoms with Crippen LogP contribution < -0.4 is 5.32 Å². The highest BCUT2D eigenvalue weighted by atomic mass is 16.5. The fourth-order valence-electron chi connectivity index (χ4n) is 3.69. The van der Waals surface area contributed by atoms with Crippen LogP contribution in [-0.2, 0) is 4.74 Å². The van der Waals surface area contributed by atoms with E-state index in [0.29, 0.717) is 5.41 Å². The second-order valence-corrected chi connectivity index (χ2v) is 5.07. The van der Waals surface area contributed by atoms with Crippen LogP contribution in [0.2, 0.25) is 0 Å². The van der Waals surface area contributed by atoms with E-state index in [2.05, 4.69) is 5.32 Å². The van der Waals surface area contributed by atoms with Crippen LogP contribution in [0.4, 0.5) is 0 Å². The van der Waals surface area contributed by atoms with Crippen molar-refractivity contribution >= 4 is 0 Å². The molecule has 0 bridgehead atoms. The molecule has 1 spiro atoms. The Bertz CT molecular complexity index is 198. The summed E-state index contributed by atoms with van der Waals surface area (Å²) in [5, 5.41) is 3.71. The van der Waals surface area contributed by atoms with Crippen molar-refractivity contribution in [2.45, 2.75) is 38.1 Å². The smallest absolute Gasteiger partial charge is 0.0537 e. The number of rotatable bonds is 0. The van der Waals surface area contributed by atoms with Crippen molar-refractivity contribution in [2.75, 3.05) is 19.8 Å². The van der Waals surface area contributed by atoms with Crippen molar-refractivity contribution in [1.82, 2.24) is 5.32 Å². The van der Waals surface area contributed by atoms with Gasteiger partial charge in [0.1, 0.15) is 0 Å². The van der Waals surface area contributed by atoms with E-state index in [9.17, 15) is 0 Å². The Hall–Kier alpha value is -0.0800. The van der Waals surface area contributed by atoms with Gasteiger partial charge in [-0.25, -0.2) is 0 Å². The molecule has 2 unspecified atom stereocenters. The lowest BCUT2D eigenvalue weighted by molar-refractivity contribution is -0.0519. The van der Waals surface area contributed by atoms with Crippen LogP contribution in [0.15, 0.2) is 0 Å². The van der Waals surface area contributed by atoms with Crippen LogP contribution in [-0.4, -0.2) is 25.8 Å². The van der Waals surface area contributed by atoms with E-state index >= 15 is 0 Å². The molecule has 1 saturated carbocycles. The van der Waals surface area contributed by atoms with E-state index in [4.69, 9.17) is 4.74 Å². The summed E-state index contributed by atoms with van der Waals surface area (Å²) in [6.45, 7) is 3.26. The van der Waals surface area contributed by atoms with Crippen molar-refractivity contribution in [1.29, 1.82) is 0 Å². The van der Waals surface area contributed by atoms with Gasteiger partial charge >= 0.3 is 0 Å². The molecule has 1 aliphatic carbocycles. The second kappa shape index (κ2) is 2.96. The molecule has 1 N–H and O–H groups in total. The van der Waals surface area contributed by atoms with Gasteiger partial charge in [0.15, 0.2) is 0 Å². The first-order chi connectivity index (χ1) is 6.41. The molecule has 13 heavy (non-hydrogen) atoms. The lowest BCUT2D eigenvalue weighted by atomic mass is 9.73. The predicted octanol–water partition coefficient (Wildman–Crippen LogP) is 1.56. The number of fused-ring (bicyclic) bond motifs is 2. The first kappa shape index (κ1) is 8.25. The average molecular weight is 181 g/mol. The van der Waals surface area contributed by atoms with Gasteiger partial charge in [-0.2, -0.15) is 0 Å². The van der Waals surface area contributed by atoms with Crippen LogP contribution in [0.5, 0.6) is 0 Å². The van der Waals surface area contributed by atoms with Gasteiger partial charge in [-0.05, 0) is 31.7 Å². The first-order valence-electron chi connectivity index (χ1n) is 5.72. The van der Waals surface area contributed by atoms with Gasteiger partial charge in [0.05, 0.1) is 13.2 Å². The average Bonchev–Trinajstić information content (AvgIpc) is 2.74. The summed E-state index contributed by atoms with van der Waals surface area (Å²) in [4.78, 5) is 0.